The van der Waals surface area contributed by atoms with Crippen LogP contribution in [-0.2, 0) is 13.1 Å². The van der Waals surface area contributed by atoms with Gasteiger partial charge in [0.15, 0.2) is 0 Å². The molecule has 0 N–H and O–H groups in total. The number of halogens is 2. The molecule has 0 bridgehead atoms. The Hall–Kier alpha value is -2.93. The second kappa shape index (κ2) is 12.5. The average Bonchev–Trinajstić information content (AvgIpc) is 3.06. The van der Waals surface area contributed by atoms with Gasteiger partial charge in [0, 0.05) is 38.1 Å². The summed E-state index contributed by atoms with van der Waals surface area (Å²) in [6, 6.07) is 51.6. The zero-order valence-corrected chi connectivity index (χ0v) is 26.2. The minimum absolute atomic E-state index is 0.194. The third kappa shape index (κ3) is 5.15. The number of aromatic nitrogens is 1. The molecule has 0 unspecified atom stereocenters. The van der Waals surface area contributed by atoms with Crippen LogP contribution in [0.15, 0.2) is 161 Å². The fourth-order valence-corrected chi connectivity index (χ4v) is 14.2. The number of pyridine rings is 1. The normalized spacial score (nSPS) is 14.6. The Bertz CT molecular complexity index is 1820. The molecule has 0 atom stereocenters. The van der Waals surface area contributed by atoms with Crippen molar-refractivity contribution in [3.8, 4) is 0 Å². The number of nitrogens with zero attached hydrogens (tertiary/aromatic N) is 3. The molecule has 5 aromatic carbocycles. The average molecular weight is 652 g/mol. The van der Waals surface area contributed by atoms with Gasteiger partial charge in [-0.05, 0) is 12.1 Å². The molecular formula is C33H25Cl2FeN3P2. The standard InChI is InChI=1S/C33H25N3P2.2ClH.Fe/c1-5-15-27(16-6-1)37(28-17-7-2-8-18-28)31-24-23-26-14-13-25-34-32(26)33(31)35-38(36-37,29-19-9-3-10-20-29)30-21-11-4-12-22-30;;;/h1-25H;2*1H;/q;;;+2/p-2. The molecule has 1 aliphatic rings. The summed E-state index contributed by atoms with van der Waals surface area (Å²) in [6.45, 7) is 0. The van der Waals surface area contributed by atoms with Crippen LogP contribution in [0.4, 0.5) is 5.69 Å². The van der Waals surface area contributed by atoms with Gasteiger partial charge in [-0.2, -0.15) is 0 Å². The minimum atomic E-state index is -2.62. The summed E-state index contributed by atoms with van der Waals surface area (Å²) in [4.78, 5) is 4.90. The van der Waals surface area contributed by atoms with Gasteiger partial charge in [-0.15, -0.1) is 0 Å². The van der Waals surface area contributed by atoms with Crippen LogP contribution in [0.2, 0.25) is 0 Å². The van der Waals surface area contributed by atoms with Crippen molar-refractivity contribution < 1.29 is 13.1 Å². The molecule has 1 aliphatic heterocycles. The summed E-state index contributed by atoms with van der Waals surface area (Å²) in [6.07, 6.45) is 1.88. The van der Waals surface area contributed by atoms with Gasteiger partial charge in [0.25, 0.3) is 0 Å². The van der Waals surface area contributed by atoms with Crippen molar-refractivity contribution >= 4 is 77.6 Å². The summed E-state index contributed by atoms with van der Waals surface area (Å²) in [5.74, 6) is 0. The summed E-state index contributed by atoms with van der Waals surface area (Å²) in [5, 5.41) is 7.03. The first-order chi connectivity index (χ1) is 20.2. The van der Waals surface area contributed by atoms with Crippen LogP contribution in [0, 0.1) is 0 Å². The van der Waals surface area contributed by atoms with E-state index >= 15 is 0 Å². The van der Waals surface area contributed by atoms with E-state index in [9.17, 15) is 0 Å². The third-order valence-electron chi connectivity index (χ3n) is 7.08. The first kappa shape index (κ1) is 28.2. The van der Waals surface area contributed by atoms with Crippen molar-refractivity contribution in [3.05, 3.63) is 152 Å². The predicted octanol–water partition coefficient (Wildman–Crippen LogP) is 8.50. The minimum Gasteiger partial charge on any atom is -0.254 e. The van der Waals surface area contributed by atoms with E-state index in [1.807, 2.05) is 12.3 Å². The number of hydrogen-bond acceptors (Lipinski definition) is 3. The molecule has 7 rings (SSSR count). The first-order valence-electron chi connectivity index (χ1n) is 12.9. The van der Waals surface area contributed by atoms with Crippen LogP contribution in [-0.4, -0.2) is 4.98 Å². The number of rotatable bonds is 4. The van der Waals surface area contributed by atoms with Gasteiger partial charge in [-0.3, -0.25) is 4.98 Å². The van der Waals surface area contributed by atoms with Crippen molar-refractivity contribution in [2.24, 2.45) is 9.26 Å². The maximum Gasteiger partial charge on any atom is 0.135 e. The van der Waals surface area contributed by atoms with E-state index in [1.54, 1.807) is 0 Å². The number of benzene rings is 5. The molecule has 0 fully saturated rings. The van der Waals surface area contributed by atoms with Crippen molar-refractivity contribution in [1.82, 2.24) is 4.98 Å². The van der Waals surface area contributed by atoms with Crippen LogP contribution in [0.25, 0.3) is 10.9 Å². The largest absolute Gasteiger partial charge is 0.254 e. The molecule has 0 radical (unpaired) electrons. The van der Waals surface area contributed by atoms with Crippen molar-refractivity contribution in [1.29, 1.82) is 0 Å². The Morgan fingerprint density at radius 2 is 0.976 bits per heavy atom. The van der Waals surface area contributed by atoms with Crippen molar-refractivity contribution in [2.45, 2.75) is 0 Å². The fraction of sp³-hybridized carbons (Fsp3) is 0. The van der Waals surface area contributed by atoms with E-state index < -0.39 is 14.3 Å². The first-order valence-corrected chi connectivity index (χ1v) is 19.4. The zero-order valence-electron chi connectivity index (χ0n) is 21.8. The van der Waals surface area contributed by atoms with Gasteiger partial charge in [0.1, 0.15) is 12.9 Å². The van der Waals surface area contributed by atoms with E-state index in [1.165, 1.54) is 15.9 Å². The summed E-state index contributed by atoms with van der Waals surface area (Å²) in [5.41, 5.74) is 1.91. The molecule has 41 heavy (non-hydrogen) atoms. The van der Waals surface area contributed by atoms with Gasteiger partial charge >= 0.3 is 33.3 Å². The molecule has 204 valence electrons. The van der Waals surface area contributed by atoms with E-state index in [4.69, 9.17) is 34.4 Å². The molecule has 3 nitrogen and oxygen atoms in total. The van der Waals surface area contributed by atoms with Gasteiger partial charge in [-0.1, -0.05) is 133 Å². The Morgan fingerprint density at radius 3 is 1.46 bits per heavy atom. The van der Waals surface area contributed by atoms with E-state index in [0.29, 0.717) is 0 Å². The smallest absolute Gasteiger partial charge is 0.135 e. The Labute approximate surface area is 255 Å². The number of fused-ring (bicyclic) bond motifs is 3. The molecule has 8 heteroatoms. The van der Waals surface area contributed by atoms with Crippen LogP contribution in [0.5, 0.6) is 0 Å². The maximum atomic E-state index is 6.10. The Morgan fingerprint density at radius 1 is 0.512 bits per heavy atom. The van der Waals surface area contributed by atoms with Gasteiger partial charge < -0.3 is 0 Å². The SMILES string of the molecule is [Cl][Fe][Cl].c1ccc(P2(c3ccccc3)=Nc3c(ccc4cccnc34)P(c3ccccc3)(c3ccccc3)=N2)cc1. The molecule has 0 saturated carbocycles. The molecule has 2 heterocycles. The molecule has 6 aromatic rings. The van der Waals surface area contributed by atoms with Gasteiger partial charge in [-0.25, -0.2) is 9.26 Å². The Kier molecular flexibility index (Phi) is 8.61. The van der Waals surface area contributed by atoms with Crippen LogP contribution in [0.1, 0.15) is 0 Å². The third-order valence-corrected chi connectivity index (χ3v) is 14.9. The van der Waals surface area contributed by atoms with E-state index in [0.717, 1.165) is 27.2 Å². The molecule has 0 aliphatic carbocycles. The zero-order chi connectivity index (χ0) is 28.1. The fourth-order valence-electron chi connectivity index (χ4n) is 5.34. The summed E-state index contributed by atoms with van der Waals surface area (Å²) >= 11 is 0.194. The van der Waals surface area contributed by atoms with Crippen molar-refractivity contribution in [3.63, 3.8) is 0 Å². The molecule has 0 amide bonds. The summed E-state index contributed by atoms with van der Waals surface area (Å²) < 4.78 is 11.8. The number of hydrogen-bond donors (Lipinski definition) is 0. The Balaban J connectivity index is 0.000000967. The second-order valence-corrected chi connectivity index (χ2v) is 17.1. The topological polar surface area (TPSA) is 37.6 Å². The molecule has 1 aromatic heterocycles. The van der Waals surface area contributed by atoms with E-state index in [2.05, 4.69) is 140 Å². The van der Waals surface area contributed by atoms with Crippen LogP contribution < -0.4 is 26.5 Å². The molecule has 0 spiro atoms. The maximum absolute atomic E-state index is 6.10. The quantitative estimate of drug-likeness (QED) is 0.139. The van der Waals surface area contributed by atoms with Crippen molar-refractivity contribution in [2.75, 3.05) is 0 Å². The van der Waals surface area contributed by atoms with E-state index in [-0.39, 0.29) is 13.1 Å². The van der Waals surface area contributed by atoms with Gasteiger partial charge in [0.05, 0.1) is 12.6 Å². The van der Waals surface area contributed by atoms with Gasteiger partial charge in [0.2, 0.25) is 0 Å². The second-order valence-electron chi connectivity index (χ2n) is 9.33. The van der Waals surface area contributed by atoms with Crippen LogP contribution in [0.3, 0.4) is 0 Å². The monoisotopic (exact) mass is 651 g/mol. The predicted molar refractivity (Wildman–Crippen MR) is 176 cm³/mol. The molecule has 0 saturated heterocycles. The summed E-state index contributed by atoms with van der Waals surface area (Å²) in [7, 11) is 4.40. The molecular weight excluding hydrogens is 627 g/mol. The van der Waals surface area contributed by atoms with Crippen LogP contribution >= 0.6 is 34.5 Å².